The Morgan fingerprint density at radius 1 is 1.14 bits per heavy atom. The molecule has 0 bridgehead atoms. The van der Waals surface area contributed by atoms with Gasteiger partial charge in [-0.3, -0.25) is 4.98 Å². The fourth-order valence-electron chi connectivity index (χ4n) is 2.47. The lowest BCUT2D eigenvalue weighted by atomic mass is 10.2. The summed E-state index contributed by atoms with van der Waals surface area (Å²) < 4.78 is 44.4. The molecule has 28 heavy (non-hydrogen) atoms. The lowest BCUT2D eigenvalue weighted by molar-refractivity contribution is -0.137. The summed E-state index contributed by atoms with van der Waals surface area (Å²) in [7, 11) is 0. The van der Waals surface area contributed by atoms with Crippen LogP contribution >= 0.6 is 23.8 Å². The van der Waals surface area contributed by atoms with Crippen LogP contribution < -0.4 is 5.32 Å². The van der Waals surface area contributed by atoms with E-state index in [1.807, 2.05) is 12.1 Å². The van der Waals surface area contributed by atoms with Gasteiger partial charge < -0.3 is 14.6 Å². The molecule has 0 aliphatic heterocycles. The molecular formula is C19H15ClF3N3OS. The molecule has 0 amide bonds. The van der Waals surface area contributed by atoms with E-state index in [4.69, 9.17) is 28.2 Å². The zero-order chi connectivity index (χ0) is 20.1. The van der Waals surface area contributed by atoms with Gasteiger partial charge in [0.15, 0.2) is 5.11 Å². The largest absolute Gasteiger partial charge is 0.467 e. The van der Waals surface area contributed by atoms with Crippen LogP contribution in [0.4, 0.5) is 18.9 Å². The minimum atomic E-state index is -4.48. The first-order chi connectivity index (χ1) is 13.3. The molecule has 0 saturated heterocycles. The van der Waals surface area contributed by atoms with E-state index in [9.17, 15) is 13.2 Å². The third-order valence-electron chi connectivity index (χ3n) is 3.83. The van der Waals surface area contributed by atoms with Gasteiger partial charge in [-0.05, 0) is 54.7 Å². The van der Waals surface area contributed by atoms with Gasteiger partial charge in [-0.1, -0.05) is 17.7 Å². The molecule has 146 valence electrons. The summed E-state index contributed by atoms with van der Waals surface area (Å²) in [6.45, 7) is 0.649. The lowest BCUT2D eigenvalue weighted by Gasteiger charge is -2.25. The molecule has 0 aliphatic carbocycles. The molecule has 1 aromatic carbocycles. The van der Waals surface area contributed by atoms with E-state index in [2.05, 4.69) is 10.3 Å². The number of furan rings is 1. The fourth-order valence-corrected chi connectivity index (χ4v) is 2.87. The van der Waals surface area contributed by atoms with E-state index in [1.165, 1.54) is 12.3 Å². The predicted molar refractivity (Wildman–Crippen MR) is 105 cm³/mol. The standard InChI is InChI=1S/C19H15ClF3N3OS/c20-16-7-6-13(19(21,22)23)10-17(16)25-18(28)26(12-15-5-3-9-27-15)11-14-4-1-2-8-24-14/h1-10H,11-12H2,(H,25,28). The predicted octanol–water partition coefficient (Wildman–Crippen LogP) is 5.75. The van der Waals surface area contributed by atoms with Crippen molar-refractivity contribution in [1.82, 2.24) is 9.88 Å². The molecule has 3 aromatic rings. The summed E-state index contributed by atoms with van der Waals surface area (Å²) in [5, 5.41) is 3.14. The smallest absolute Gasteiger partial charge is 0.416 e. The van der Waals surface area contributed by atoms with Crippen molar-refractivity contribution in [2.24, 2.45) is 0 Å². The second-order valence-electron chi connectivity index (χ2n) is 5.88. The van der Waals surface area contributed by atoms with Gasteiger partial charge in [0.05, 0.1) is 41.3 Å². The third kappa shape index (κ3) is 5.24. The van der Waals surface area contributed by atoms with Gasteiger partial charge in [-0.2, -0.15) is 13.2 Å². The van der Waals surface area contributed by atoms with Gasteiger partial charge in [-0.25, -0.2) is 0 Å². The molecule has 0 spiro atoms. The van der Waals surface area contributed by atoms with Crippen molar-refractivity contribution in [1.29, 1.82) is 0 Å². The Morgan fingerprint density at radius 3 is 2.61 bits per heavy atom. The Labute approximate surface area is 169 Å². The van der Waals surface area contributed by atoms with Crippen molar-refractivity contribution in [3.8, 4) is 0 Å². The average Bonchev–Trinajstić information content (AvgIpc) is 3.16. The Kier molecular flexibility index (Phi) is 6.21. The number of rotatable bonds is 5. The van der Waals surface area contributed by atoms with Crippen molar-refractivity contribution < 1.29 is 17.6 Å². The normalized spacial score (nSPS) is 11.3. The fraction of sp³-hybridized carbons (Fsp3) is 0.158. The number of nitrogens with zero attached hydrogens (tertiary/aromatic N) is 2. The highest BCUT2D eigenvalue weighted by atomic mass is 35.5. The second-order valence-corrected chi connectivity index (χ2v) is 6.67. The van der Waals surface area contributed by atoms with Crippen molar-refractivity contribution in [3.63, 3.8) is 0 Å². The third-order valence-corrected chi connectivity index (χ3v) is 4.52. The van der Waals surface area contributed by atoms with E-state index < -0.39 is 11.7 Å². The number of halogens is 4. The summed E-state index contributed by atoms with van der Waals surface area (Å²) in [6, 6.07) is 12.0. The van der Waals surface area contributed by atoms with Gasteiger partial charge in [0.1, 0.15) is 5.76 Å². The van der Waals surface area contributed by atoms with Gasteiger partial charge >= 0.3 is 6.18 Å². The monoisotopic (exact) mass is 425 g/mol. The Morgan fingerprint density at radius 2 is 1.96 bits per heavy atom. The number of thiocarbonyl (C=S) groups is 1. The van der Waals surface area contributed by atoms with Crippen LogP contribution in [0.1, 0.15) is 17.0 Å². The van der Waals surface area contributed by atoms with E-state index in [-0.39, 0.29) is 15.8 Å². The van der Waals surface area contributed by atoms with Gasteiger partial charge in [0, 0.05) is 6.20 Å². The number of nitrogens with one attached hydrogen (secondary N) is 1. The summed E-state index contributed by atoms with van der Waals surface area (Å²) in [4.78, 5) is 6.00. The van der Waals surface area contributed by atoms with Crippen molar-refractivity contribution in [2.45, 2.75) is 19.3 Å². The first-order valence-electron chi connectivity index (χ1n) is 8.18. The molecule has 2 aromatic heterocycles. The zero-order valence-corrected chi connectivity index (χ0v) is 16.0. The molecular weight excluding hydrogens is 411 g/mol. The number of alkyl halides is 3. The van der Waals surface area contributed by atoms with Crippen molar-refractivity contribution >= 4 is 34.6 Å². The molecule has 0 fully saturated rings. The number of pyridine rings is 1. The van der Waals surface area contributed by atoms with Gasteiger partial charge in [0.2, 0.25) is 0 Å². The lowest BCUT2D eigenvalue weighted by Crippen LogP contribution is -2.34. The second kappa shape index (κ2) is 8.62. The topological polar surface area (TPSA) is 41.3 Å². The molecule has 0 saturated carbocycles. The maximum absolute atomic E-state index is 13.0. The maximum Gasteiger partial charge on any atom is 0.416 e. The first kappa shape index (κ1) is 20.2. The quantitative estimate of drug-likeness (QED) is 0.527. The Bertz CT molecular complexity index is 933. The minimum Gasteiger partial charge on any atom is -0.467 e. The highest BCUT2D eigenvalue weighted by Crippen LogP contribution is 2.34. The number of hydrogen-bond donors (Lipinski definition) is 1. The van der Waals surface area contributed by atoms with Crippen LogP contribution in [0.2, 0.25) is 5.02 Å². The molecule has 3 rings (SSSR count). The SMILES string of the molecule is FC(F)(F)c1ccc(Cl)c(NC(=S)N(Cc2ccccn2)Cc2ccco2)c1. The molecule has 4 nitrogen and oxygen atoms in total. The van der Waals surface area contributed by atoms with Crippen molar-refractivity contribution in [3.05, 3.63) is 83.0 Å². The van der Waals surface area contributed by atoms with Crippen LogP contribution in [0.5, 0.6) is 0 Å². The zero-order valence-electron chi connectivity index (χ0n) is 14.4. The van der Waals surface area contributed by atoms with Crippen LogP contribution in [0.25, 0.3) is 0 Å². The summed E-state index contributed by atoms with van der Waals surface area (Å²) >= 11 is 11.5. The number of aromatic nitrogens is 1. The molecule has 0 aliphatic rings. The molecule has 9 heteroatoms. The first-order valence-corrected chi connectivity index (χ1v) is 8.96. The van der Waals surface area contributed by atoms with Crippen LogP contribution in [0.15, 0.2) is 65.4 Å². The molecule has 2 heterocycles. The van der Waals surface area contributed by atoms with Crippen LogP contribution in [-0.4, -0.2) is 15.0 Å². The Hall–Kier alpha value is -2.58. The van der Waals surface area contributed by atoms with Crippen molar-refractivity contribution in [2.75, 3.05) is 5.32 Å². The van der Waals surface area contributed by atoms with Crippen LogP contribution in [0.3, 0.4) is 0 Å². The molecule has 0 radical (unpaired) electrons. The molecule has 1 N–H and O–H groups in total. The van der Waals surface area contributed by atoms with Crippen LogP contribution in [0, 0.1) is 0 Å². The number of anilines is 1. The van der Waals surface area contributed by atoms with Crippen LogP contribution in [-0.2, 0) is 19.3 Å². The highest BCUT2D eigenvalue weighted by Gasteiger charge is 2.31. The number of benzene rings is 1. The maximum atomic E-state index is 13.0. The summed E-state index contributed by atoms with van der Waals surface area (Å²) in [5.41, 5.74) is 0.00446. The summed E-state index contributed by atoms with van der Waals surface area (Å²) in [6.07, 6.45) is -1.29. The van der Waals surface area contributed by atoms with Gasteiger partial charge in [0.25, 0.3) is 0 Å². The minimum absolute atomic E-state index is 0.0759. The highest BCUT2D eigenvalue weighted by molar-refractivity contribution is 7.80. The van der Waals surface area contributed by atoms with E-state index in [1.54, 1.807) is 29.3 Å². The van der Waals surface area contributed by atoms with E-state index in [0.29, 0.717) is 18.8 Å². The summed E-state index contributed by atoms with van der Waals surface area (Å²) in [5.74, 6) is 0.648. The number of hydrogen-bond acceptors (Lipinski definition) is 3. The van der Waals surface area contributed by atoms with E-state index in [0.717, 1.165) is 17.8 Å². The average molecular weight is 426 g/mol. The molecule has 0 unspecified atom stereocenters. The van der Waals surface area contributed by atoms with E-state index >= 15 is 0 Å². The Balaban J connectivity index is 1.83. The molecule has 0 atom stereocenters. The van der Waals surface area contributed by atoms with Gasteiger partial charge in [-0.15, -0.1) is 0 Å².